The molecule has 1 unspecified atom stereocenters. The van der Waals surface area contributed by atoms with Crippen molar-refractivity contribution in [2.45, 2.75) is 39.3 Å². The summed E-state index contributed by atoms with van der Waals surface area (Å²) in [6.45, 7) is 4.34. The van der Waals surface area contributed by atoms with Gasteiger partial charge >= 0.3 is 5.97 Å². The van der Waals surface area contributed by atoms with Crippen LogP contribution in [0.4, 0.5) is 0 Å². The molecular weight excluding hydrogens is 352 g/mol. The molecular formula is C19H22N2O6. The van der Waals surface area contributed by atoms with Gasteiger partial charge in [0.05, 0.1) is 18.4 Å². The summed E-state index contributed by atoms with van der Waals surface area (Å²) in [5, 5.41) is 13.2. The lowest BCUT2D eigenvalue weighted by Crippen LogP contribution is -2.40. The second kappa shape index (κ2) is 7.69. The fourth-order valence-corrected chi connectivity index (χ4v) is 3.21. The summed E-state index contributed by atoms with van der Waals surface area (Å²) in [4.78, 5) is 25.4. The van der Waals surface area contributed by atoms with Gasteiger partial charge in [0, 0.05) is 12.1 Å². The molecule has 0 aliphatic carbocycles. The number of rotatable bonds is 6. The van der Waals surface area contributed by atoms with E-state index < -0.39 is 12.0 Å². The largest absolute Gasteiger partial charge is 0.493 e. The highest BCUT2D eigenvalue weighted by Gasteiger charge is 2.34. The number of amides is 1. The molecule has 1 aliphatic rings. The molecule has 2 heterocycles. The molecule has 1 aromatic heterocycles. The van der Waals surface area contributed by atoms with Gasteiger partial charge in [-0.25, -0.2) is 4.79 Å². The van der Waals surface area contributed by atoms with Crippen LogP contribution in [0, 0.1) is 13.8 Å². The Hall–Kier alpha value is -3.03. The topological polar surface area (TPSA) is 102 Å². The number of carbonyl (C=O) groups excluding carboxylic acids is 1. The lowest BCUT2D eigenvalue weighted by Gasteiger charge is -2.22. The van der Waals surface area contributed by atoms with Gasteiger partial charge < -0.3 is 24.0 Å². The van der Waals surface area contributed by atoms with E-state index in [2.05, 4.69) is 5.16 Å². The van der Waals surface area contributed by atoms with Crippen LogP contribution in [-0.2, 0) is 11.4 Å². The molecule has 1 atom stereocenters. The molecule has 1 fully saturated rings. The first-order chi connectivity index (χ1) is 12.9. The Morgan fingerprint density at radius 2 is 2.11 bits per heavy atom. The number of nitrogens with zero attached hydrogens (tertiary/aromatic N) is 2. The third-order valence-electron chi connectivity index (χ3n) is 4.76. The number of hydrogen-bond acceptors (Lipinski definition) is 6. The van der Waals surface area contributed by atoms with E-state index in [1.807, 2.05) is 13.8 Å². The second-order valence-electron chi connectivity index (χ2n) is 6.45. The minimum absolute atomic E-state index is 0.262. The fourth-order valence-electron chi connectivity index (χ4n) is 3.21. The van der Waals surface area contributed by atoms with E-state index in [4.69, 9.17) is 14.0 Å². The average molecular weight is 374 g/mol. The van der Waals surface area contributed by atoms with Crippen LogP contribution in [0.15, 0.2) is 22.7 Å². The van der Waals surface area contributed by atoms with Gasteiger partial charge in [-0.2, -0.15) is 0 Å². The molecule has 1 aliphatic heterocycles. The first-order valence-corrected chi connectivity index (χ1v) is 8.68. The Labute approximate surface area is 156 Å². The lowest BCUT2D eigenvalue weighted by molar-refractivity contribution is -0.141. The lowest BCUT2D eigenvalue weighted by atomic mass is 10.1. The normalized spacial score (nSPS) is 16.4. The van der Waals surface area contributed by atoms with E-state index in [1.165, 1.54) is 12.0 Å². The number of carboxylic acid groups (broad SMARTS) is 1. The first-order valence-electron chi connectivity index (χ1n) is 8.68. The van der Waals surface area contributed by atoms with Crippen molar-refractivity contribution in [3.05, 3.63) is 40.8 Å². The number of carboxylic acids is 1. The first kappa shape index (κ1) is 18.8. The maximum absolute atomic E-state index is 12.7. The number of aryl methyl sites for hydroxylation is 2. The van der Waals surface area contributed by atoms with Crippen LogP contribution in [0.2, 0.25) is 0 Å². The van der Waals surface area contributed by atoms with E-state index in [1.54, 1.807) is 18.2 Å². The van der Waals surface area contributed by atoms with Gasteiger partial charge in [-0.3, -0.25) is 4.79 Å². The standard InChI is InChI=1S/C19H22N2O6/c1-11-14(12(2)27-20-11)10-26-16-7-6-13(9-17(16)25-3)18(22)21-8-4-5-15(21)19(23)24/h6-7,9,15H,4-5,8,10H2,1-3H3,(H,23,24). The van der Waals surface area contributed by atoms with Crippen molar-refractivity contribution in [1.29, 1.82) is 0 Å². The van der Waals surface area contributed by atoms with E-state index in [0.717, 1.165) is 11.3 Å². The number of aromatic nitrogens is 1. The Kier molecular flexibility index (Phi) is 5.34. The fraction of sp³-hybridized carbons (Fsp3) is 0.421. The quantitative estimate of drug-likeness (QED) is 0.829. The van der Waals surface area contributed by atoms with Crippen LogP contribution in [0.25, 0.3) is 0 Å². The molecule has 0 radical (unpaired) electrons. The maximum atomic E-state index is 12.7. The van der Waals surface area contributed by atoms with Gasteiger partial charge in [0.1, 0.15) is 18.4 Å². The van der Waals surface area contributed by atoms with E-state index in [0.29, 0.717) is 42.2 Å². The van der Waals surface area contributed by atoms with Gasteiger partial charge in [0.2, 0.25) is 0 Å². The van der Waals surface area contributed by atoms with Crippen LogP contribution >= 0.6 is 0 Å². The van der Waals surface area contributed by atoms with Gasteiger partial charge in [-0.1, -0.05) is 5.16 Å². The van der Waals surface area contributed by atoms with Crippen molar-refractivity contribution < 1.29 is 28.7 Å². The number of likely N-dealkylation sites (tertiary alicyclic amines) is 1. The summed E-state index contributed by atoms with van der Waals surface area (Å²) >= 11 is 0. The van der Waals surface area contributed by atoms with Gasteiger partial charge in [-0.15, -0.1) is 0 Å². The molecule has 144 valence electrons. The van der Waals surface area contributed by atoms with E-state index in [9.17, 15) is 14.7 Å². The highest BCUT2D eigenvalue weighted by molar-refractivity contribution is 5.97. The minimum atomic E-state index is -0.979. The van der Waals surface area contributed by atoms with Crippen LogP contribution < -0.4 is 9.47 Å². The smallest absolute Gasteiger partial charge is 0.326 e. The Balaban J connectivity index is 1.78. The molecule has 8 nitrogen and oxygen atoms in total. The van der Waals surface area contributed by atoms with E-state index >= 15 is 0 Å². The number of benzene rings is 1. The zero-order valence-corrected chi connectivity index (χ0v) is 15.5. The highest BCUT2D eigenvalue weighted by atomic mass is 16.5. The zero-order valence-electron chi connectivity index (χ0n) is 15.5. The molecule has 1 amide bonds. The predicted molar refractivity (Wildman–Crippen MR) is 95.0 cm³/mol. The summed E-state index contributed by atoms with van der Waals surface area (Å²) in [5.74, 6) is 0.263. The number of aliphatic carboxylic acids is 1. The number of carbonyl (C=O) groups is 2. The van der Waals surface area contributed by atoms with Crippen LogP contribution in [0.5, 0.6) is 11.5 Å². The third kappa shape index (κ3) is 3.74. The van der Waals surface area contributed by atoms with Crippen LogP contribution in [0.3, 0.4) is 0 Å². The molecule has 0 bridgehead atoms. The Bertz CT molecular complexity index is 840. The van der Waals surface area contributed by atoms with Gasteiger partial charge in [0.15, 0.2) is 11.5 Å². The molecule has 3 rings (SSSR count). The van der Waals surface area contributed by atoms with Crippen molar-refractivity contribution in [2.75, 3.05) is 13.7 Å². The van der Waals surface area contributed by atoms with E-state index in [-0.39, 0.29) is 12.5 Å². The molecule has 1 N–H and O–H groups in total. The van der Waals surface area contributed by atoms with Crippen molar-refractivity contribution >= 4 is 11.9 Å². The summed E-state index contributed by atoms with van der Waals surface area (Å²) in [5.41, 5.74) is 1.98. The minimum Gasteiger partial charge on any atom is -0.493 e. The molecule has 1 aromatic carbocycles. The van der Waals surface area contributed by atoms with Crippen molar-refractivity contribution in [3.8, 4) is 11.5 Å². The van der Waals surface area contributed by atoms with Crippen LogP contribution in [0.1, 0.15) is 40.2 Å². The summed E-state index contributed by atoms with van der Waals surface area (Å²) in [7, 11) is 1.49. The van der Waals surface area contributed by atoms with Crippen molar-refractivity contribution in [3.63, 3.8) is 0 Å². The molecule has 8 heteroatoms. The maximum Gasteiger partial charge on any atom is 0.326 e. The number of hydrogen-bond donors (Lipinski definition) is 1. The predicted octanol–water partition coefficient (Wildman–Crippen LogP) is 2.57. The van der Waals surface area contributed by atoms with Crippen molar-refractivity contribution in [1.82, 2.24) is 10.1 Å². The Morgan fingerprint density at radius 1 is 1.33 bits per heavy atom. The molecule has 2 aromatic rings. The number of methoxy groups -OCH3 is 1. The average Bonchev–Trinajstić information content (AvgIpc) is 3.27. The SMILES string of the molecule is COc1cc(C(=O)N2CCCC2C(=O)O)ccc1OCc1c(C)noc1C. The number of ether oxygens (including phenoxy) is 2. The van der Waals surface area contributed by atoms with Gasteiger partial charge in [-0.05, 0) is 44.9 Å². The zero-order chi connectivity index (χ0) is 19.6. The molecule has 27 heavy (non-hydrogen) atoms. The molecule has 0 spiro atoms. The van der Waals surface area contributed by atoms with Crippen molar-refractivity contribution in [2.24, 2.45) is 0 Å². The van der Waals surface area contributed by atoms with Crippen LogP contribution in [-0.4, -0.2) is 46.7 Å². The second-order valence-corrected chi connectivity index (χ2v) is 6.45. The highest BCUT2D eigenvalue weighted by Crippen LogP contribution is 2.31. The monoisotopic (exact) mass is 374 g/mol. The summed E-state index contributed by atoms with van der Waals surface area (Å²) in [6, 6.07) is 4.06. The van der Waals surface area contributed by atoms with Gasteiger partial charge in [0.25, 0.3) is 5.91 Å². The molecule has 0 saturated carbocycles. The third-order valence-corrected chi connectivity index (χ3v) is 4.76. The molecule has 1 saturated heterocycles. The summed E-state index contributed by atoms with van der Waals surface area (Å²) < 4.78 is 16.3. The Morgan fingerprint density at radius 3 is 2.74 bits per heavy atom. The summed E-state index contributed by atoms with van der Waals surface area (Å²) in [6.07, 6.45) is 1.15.